The lowest BCUT2D eigenvalue weighted by molar-refractivity contribution is -0.121. The van der Waals surface area contributed by atoms with Crippen molar-refractivity contribution in [3.05, 3.63) is 35.4 Å². The fraction of sp³-hybridized carbons (Fsp3) is 0.579. The van der Waals surface area contributed by atoms with Gasteiger partial charge in [0.1, 0.15) is 0 Å². The number of nitrogens with one attached hydrogen (secondary N) is 2. The first kappa shape index (κ1) is 21.7. The minimum absolute atomic E-state index is 0. The van der Waals surface area contributed by atoms with Crippen LogP contribution < -0.4 is 10.6 Å². The second-order valence-electron chi connectivity index (χ2n) is 6.46. The Morgan fingerprint density at radius 3 is 2.68 bits per heavy atom. The van der Waals surface area contributed by atoms with E-state index in [1.807, 2.05) is 7.05 Å². The number of benzene rings is 1. The number of carbonyl (C=O) groups excluding carboxylic acids is 1. The summed E-state index contributed by atoms with van der Waals surface area (Å²) in [6.45, 7) is 6.52. The van der Waals surface area contributed by atoms with E-state index in [1.165, 1.54) is 11.1 Å². The fourth-order valence-corrected chi connectivity index (χ4v) is 2.54. The van der Waals surface area contributed by atoms with Gasteiger partial charge in [0.2, 0.25) is 5.91 Å². The predicted octanol–water partition coefficient (Wildman–Crippen LogP) is 3.07. The third-order valence-electron chi connectivity index (χ3n) is 4.13. The molecule has 1 aliphatic carbocycles. The van der Waals surface area contributed by atoms with Gasteiger partial charge in [0, 0.05) is 39.1 Å². The van der Waals surface area contributed by atoms with Gasteiger partial charge in [0.05, 0.1) is 0 Å². The highest BCUT2D eigenvalue weighted by Gasteiger charge is 2.22. The molecule has 2 rings (SSSR count). The summed E-state index contributed by atoms with van der Waals surface area (Å²) in [6.07, 6.45) is 3.61. The predicted molar refractivity (Wildman–Crippen MR) is 114 cm³/mol. The van der Waals surface area contributed by atoms with Crippen LogP contribution in [0.3, 0.4) is 0 Å². The number of carbonyl (C=O) groups is 1. The molecule has 1 amide bonds. The standard InChI is InChI=1S/C19H30N4O.HI/c1-4-20-19(21-13-7-10-18(24)22-17-11-12-17)23(3)14-16-9-6-5-8-15(16)2;/h5-6,8-9,17H,4,7,10-14H2,1-3H3,(H,20,21)(H,22,24);1H. The first-order valence-corrected chi connectivity index (χ1v) is 8.93. The third kappa shape index (κ3) is 8.07. The summed E-state index contributed by atoms with van der Waals surface area (Å²) in [6, 6.07) is 8.85. The Bertz CT molecular complexity index is 572. The molecule has 1 aliphatic rings. The number of aliphatic imine (C=N–C) groups is 1. The number of guanidine groups is 1. The smallest absolute Gasteiger partial charge is 0.220 e. The molecule has 140 valence electrons. The lowest BCUT2D eigenvalue weighted by Gasteiger charge is -2.23. The van der Waals surface area contributed by atoms with Gasteiger partial charge in [0.15, 0.2) is 5.96 Å². The number of hydrogen-bond acceptors (Lipinski definition) is 2. The molecule has 1 saturated carbocycles. The fourth-order valence-electron chi connectivity index (χ4n) is 2.54. The Labute approximate surface area is 168 Å². The van der Waals surface area contributed by atoms with E-state index in [0.717, 1.165) is 38.3 Å². The van der Waals surface area contributed by atoms with Gasteiger partial charge in [-0.1, -0.05) is 24.3 Å². The number of amides is 1. The average molecular weight is 458 g/mol. The molecule has 1 fully saturated rings. The van der Waals surface area contributed by atoms with Crippen LogP contribution in [0.5, 0.6) is 0 Å². The van der Waals surface area contributed by atoms with Crippen molar-refractivity contribution < 1.29 is 4.79 Å². The number of rotatable bonds is 8. The summed E-state index contributed by atoms with van der Waals surface area (Å²) in [5, 5.41) is 6.34. The van der Waals surface area contributed by atoms with Crippen molar-refractivity contribution in [2.75, 3.05) is 20.1 Å². The van der Waals surface area contributed by atoms with Crippen LogP contribution in [0.2, 0.25) is 0 Å². The Balaban J connectivity index is 0.00000312. The first-order valence-electron chi connectivity index (χ1n) is 8.93. The Morgan fingerprint density at radius 2 is 2.04 bits per heavy atom. The van der Waals surface area contributed by atoms with Crippen LogP contribution in [0.25, 0.3) is 0 Å². The lowest BCUT2D eigenvalue weighted by Crippen LogP contribution is -2.38. The molecular formula is C19H31IN4O. The molecule has 2 N–H and O–H groups in total. The van der Waals surface area contributed by atoms with Gasteiger partial charge >= 0.3 is 0 Å². The molecule has 0 saturated heterocycles. The van der Waals surface area contributed by atoms with Crippen molar-refractivity contribution in [2.24, 2.45) is 4.99 Å². The molecule has 25 heavy (non-hydrogen) atoms. The molecule has 0 unspecified atom stereocenters. The van der Waals surface area contributed by atoms with Crippen LogP contribution >= 0.6 is 24.0 Å². The maximum absolute atomic E-state index is 11.7. The topological polar surface area (TPSA) is 56.7 Å². The second-order valence-corrected chi connectivity index (χ2v) is 6.46. The van der Waals surface area contributed by atoms with Crippen molar-refractivity contribution >= 4 is 35.8 Å². The summed E-state index contributed by atoms with van der Waals surface area (Å²) in [4.78, 5) is 18.5. The van der Waals surface area contributed by atoms with Crippen LogP contribution in [-0.2, 0) is 11.3 Å². The van der Waals surface area contributed by atoms with Gasteiger partial charge in [-0.3, -0.25) is 9.79 Å². The molecule has 1 aromatic carbocycles. The average Bonchev–Trinajstić information content (AvgIpc) is 3.36. The van der Waals surface area contributed by atoms with E-state index in [0.29, 0.717) is 19.0 Å². The summed E-state index contributed by atoms with van der Waals surface area (Å²) >= 11 is 0. The highest BCUT2D eigenvalue weighted by Crippen LogP contribution is 2.18. The van der Waals surface area contributed by atoms with Gasteiger partial charge in [-0.15, -0.1) is 24.0 Å². The maximum atomic E-state index is 11.7. The lowest BCUT2D eigenvalue weighted by atomic mass is 10.1. The number of nitrogens with zero attached hydrogens (tertiary/aromatic N) is 2. The zero-order valence-electron chi connectivity index (χ0n) is 15.5. The van der Waals surface area contributed by atoms with Crippen LogP contribution in [-0.4, -0.2) is 42.9 Å². The molecule has 6 heteroatoms. The molecule has 0 spiro atoms. The van der Waals surface area contributed by atoms with Crippen LogP contribution in [0, 0.1) is 6.92 Å². The minimum atomic E-state index is 0. The Morgan fingerprint density at radius 1 is 1.32 bits per heavy atom. The SMILES string of the molecule is CCNC(=NCCCC(=O)NC1CC1)N(C)Cc1ccccc1C.I. The van der Waals surface area contributed by atoms with E-state index in [4.69, 9.17) is 0 Å². The Hall–Kier alpha value is -1.31. The zero-order chi connectivity index (χ0) is 17.4. The van der Waals surface area contributed by atoms with Gasteiger partial charge < -0.3 is 15.5 Å². The van der Waals surface area contributed by atoms with Gasteiger partial charge in [0.25, 0.3) is 0 Å². The number of hydrogen-bond donors (Lipinski definition) is 2. The van der Waals surface area contributed by atoms with E-state index >= 15 is 0 Å². The van der Waals surface area contributed by atoms with Crippen molar-refractivity contribution in [3.63, 3.8) is 0 Å². The highest BCUT2D eigenvalue weighted by molar-refractivity contribution is 14.0. The van der Waals surface area contributed by atoms with Crippen molar-refractivity contribution in [1.29, 1.82) is 0 Å². The molecule has 5 nitrogen and oxygen atoms in total. The first-order chi connectivity index (χ1) is 11.6. The summed E-state index contributed by atoms with van der Waals surface area (Å²) < 4.78 is 0. The zero-order valence-corrected chi connectivity index (χ0v) is 17.9. The van der Waals surface area contributed by atoms with E-state index in [1.54, 1.807) is 0 Å². The molecular weight excluding hydrogens is 427 g/mol. The van der Waals surface area contributed by atoms with Gasteiger partial charge in [-0.2, -0.15) is 0 Å². The van der Waals surface area contributed by atoms with E-state index < -0.39 is 0 Å². The van der Waals surface area contributed by atoms with Gasteiger partial charge in [-0.05, 0) is 44.2 Å². The monoisotopic (exact) mass is 458 g/mol. The minimum Gasteiger partial charge on any atom is -0.357 e. The summed E-state index contributed by atoms with van der Waals surface area (Å²) in [7, 11) is 2.05. The summed E-state index contributed by atoms with van der Waals surface area (Å²) in [5.41, 5.74) is 2.59. The molecule has 0 aliphatic heterocycles. The molecule has 0 atom stereocenters. The van der Waals surface area contributed by atoms with Crippen molar-refractivity contribution in [3.8, 4) is 0 Å². The van der Waals surface area contributed by atoms with Crippen LogP contribution in [0.1, 0.15) is 43.7 Å². The number of halogens is 1. The van der Waals surface area contributed by atoms with Crippen molar-refractivity contribution in [1.82, 2.24) is 15.5 Å². The molecule has 1 aromatic rings. The molecule has 0 aromatic heterocycles. The normalized spacial score (nSPS) is 13.8. The Kier molecular flexibility index (Phi) is 9.85. The molecule has 0 bridgehead atoms. The quantitative estimate of drug-likeness (QED) is 0.273. The van der Waals surface area contributed by atoms with Gasteiger partial charge in [-0.25, -0.2) is 0 Å². The van der Waals surface area contributed by atoms with Crippen LogP contribution in [0.15, 0.2) is 29.3 Å². The second kappa shape index (κ2) is 11.3. The molecule has 0 radical (unpaired) electrons. The maximum Gasteiger partial charge on any atom is 0.220 e. The number of aryl methyl sites for hydroxylation is 1. The van der Waals surface area contributed by atoms with Crippen molar-refractivity contribution in [2.45, 2.75) is 52.1 Å². The van der Waals surface area contributed by atoms with E-state index in [2.05, 4.69) is 58.6 Å². The highest BCUT2D eigenvalue weighted by atomic mass is 127. The third-order valence-corrected chi connectivity index (χ3v) is 4.13. The summed E-state index contributed by atoms with van der Waals surface area (Å²) in [5.74, 6) is 1.05. The van der Waals surface area contributed by atoms with E-state index in [-0.39, 0.29) is 29.9 Å². The van der Waals surface area contributed by atoms with Crippen LogP contribution in [0.4, 0.5) is 0 Å². The largest absolute Gasteiger partial charge is 0.357 e. The molecule has 0 heterocycles. The van der Waals surface area contributed by atoms with E-state index in [9.17, 15) is 4.79 Å².